The number of hydrogen-bond acceptors (Lipinski definition) is 4. The van der Waals surface area contributed by atoms with Gasteiger partial charge in [-0.25, -0.2) is 4.79 Å². The summed E-state index contributed by atoms with van der Waals surface area (Å²) in [5, 5.41) is 16.7. The minimum absolute atomic E-state index is 0.0478. The van der Waals surface area contributed by atoms with Crippen LogP contribution in [0.2, 0.25) is 0 Å². The number of aliphatic hydroxyl groups is 1. The predicted octanol–water partition coefficient (Wildman–Crippen LogP) is 2.30. The summed E-state index contributed by atoms with van der Waals surface area (Å²) in [5.74, 6) is 1.18. The Labute approximate surface area is 135 Å². The van der Waals surface area contributed by atoms with Gasteiger partial charge in [0.1, 0.15) is 5.76 Å². The van der Waals surface area contributed by atoms with E-state index in [9.17, 15) is 9.90 Å². The van der Waals surface area contributed by atoms with Crippen molar-refractivity contribution >= 4 is 11.8 Å². The Kier molecular flexibility index (Phi) is 4.62. The molecule has 23 heavy (non-hydrogen) atoms. The zero-order valence-electron chi connectivity index (χ0n) is 13.1. The van der Waals surface area contributed by atoms with Crippen molar-refractivity contribution in [2.75, 3.05) is 18.4 Å². The van der Waals surface area contributed by atoms with E-state index >= 15 is 0 Å². The van der Waals surface area contributed by atoms with Crippen LogP contribution in [0.5, 0.6) is 0 Å². The molecule has 1 fully saturated rings. The Bertz CT molecular complexity index is 656. The molecule has 0 radical (unpaired) electrons. The van der Waals surface area contributed by atoms with E-state index in [0.29, 0.717) is 18.9 Å². The van der Waals surface area contributed by atoms with Gasteiger partial charge in [0.25, 0.3) is 0 Å². The Hall–Kier alpha value is -2.34. The molecule has 1 saturated heterocycles. The maximum Gasteiger partial charge on any atom is 0.323 e. The first-order chi connectivity index (χ1) is 11.2. The lowest BCUT2D eigenvalue weighted by Crippen LogP contribution is -2.33. The summed E-state index contributed by atoms with van der Waals surface area (Å²) in [6.07, 6.45) is 0.977. The number of β-amino-alcohol motifs (C(OH)–C–C–N with tert-alkyl or cyclic N) is 1. The van der Waals surface area contributed by atoms with Crippen LogP contribution in [-0.2, 0) is 12.8 Å². The number of amides is 2. The molecule has 2 amide bonds. The van der Waals surface area contributed by atoms with Crippen molar-refractivity contribution in [3.63, 3.8) is 0 Å². The third kappa shape index (κ3) is 3.71. The molecule has 0 saturated carbocycles. The van der Waals surface area contributed by atoms with E-state index in [1.54, 1.807) is 11.0 Å². The number of hydrogen-bond donors (Lipinski definition) is 2. The van der Waals surface area contributed by atoms with Gasteiger partial charge in [-0.2, -0.15) is 0 Å². The molecule has 2 aromatic rings. The number of anilines is 1. The van der Waals surface area contributed by atoms with E-state index in [0.717, 1.165) is 18.6 Å². The summed E-state index contributed by atoms with van der Waals surface area (Å²) < 4.78 is 5.07. The Morgan fingerprint density at radius 1 is 1.39 bits per heavy atom. The Morgan fingerprint density at radius 2 is 2.17 bits per heavy atom. The molecule has 3 rings (SSSR count). The summed E-state index contributed by atoms with van der Waals surface area (Å²) in [6, 6.07) is 11.5. The summed E-state index contributed by atoms with van der Waals surface area (Å²) in [4.78, 5) is 13.9. The quantitative estimate of drug-likeness (QED) is 0.907. The van der Waals surface area contributed by atoms with Gasteiger partial charge in [-0.05, 0) is 12.0 Å². The average molecular weight is 315 g/mol. The highest BCUT2D eigenvalue weighted by molar-refractivity contribution is 5.88. The van der Waals surface area contributed by atoms with E-state index in [-0.39, 0.29) is 11.9 Å². The number of benzene rings is 1. The maximum absolute atomic E-state index is 12.3. The highest BCUT2D eigenvalue weighted by Gasteiger charge is 2.34. The molecule has 122 valence electrons. The van der Waals surface area contributed by atoms with E-state index in [1.165, 1.54) is 5.56 Å². The van der Waals surface area contributed by atoms with Crippen molar-refractivity contribution < 1.29 is 14.4 Å². The molecule has 6 nitrogen and oxygen atoms in total. The highest BCUT2D eigenvalue weighted by atomic mass is 16.5. The second-order valence-electron chi connectivity index (χ2n) is 5.88. The zero-order valence-corrected chi connectivity index (χ0v) is 13.1. The van der Waals surface area contributed by atoms with Crippen LogP contribution in [-0.4, -0.2) is 40.4 Å². The molecule has 0 bridgehead atoms. The maximum atomic E-state index is 12.3. The SMILES string of the molecule is CCc1cc(NC(=O)N2C[C@@H](Cc3ccccc3)[C@H](O)C2)no1. The number of aliphatic hydroxyl groups excluding tert-OH is 1. The smallest absolute Gasteiger partial charge is 0.323 e. The largest absolute Gasteiger partial charge is 0.391 e. The van der Waals surface area contributed by atoms with Crippen molar-refractivity contribution in [2.24, 2.45) is 5.92 Å². The van der Waals surface area contributed by atoms with Crippen LogP contribution in [0, 0.1) is 5.92 Å². The monoisotopic (exact) mass is 315 g/mol. The lowest BCUT2D eigenvalue weighted by atomic mass is 9.97. The first-order valence-corrected chi connectivity index (χ1v) is 7.89. The van der Waals surface area contributed by atoms with Crippen LogP contribution in [0.15, 0.2) is 40.9 Å². The average Bonchev–Trinajstić information content (AvgIpc) is 3.15. The molecular formula is C17H21N3O3. The number of aryl methyl sites for hydroxylation is 1. The lowest BCUT2D eigenvalue weighted by molar-refractivity contribution is 0.143. The van der Waals surface area contributed by atoms with Gasteiger partial charge in [-0.15, -0.1) is 0 Å². The normalized spacial score (nSPS) is 20.7. The van der Waals surface area contributed by atoms with Gasteiger partial charge < -0.3 is 14.5 Å². The van der Waals surface area contributed by atoms with Gasteiger partial charge in [0.2, 0.25) is 0 Å². The molecule has 1 aromatic carbocycles. The standard InChI is InChI=1S/C17H21N3O3/c1-2-14-9-16(19-23-14)18-17(22)20-10-13(15(21)11-20)8-12-6-4-3-5-7-12/h3-7,9,13,15,21H,2,8,10-11H2,1H3,(H,18,19,22)/t13-,15-/m1/s1. The number of aromatic nitrogens is 1. The van der Waals surface area contributed by atoms with Crippen molar-refractivity contribution in [2.45, 2.75) is 25.9 Å². The van der Waals surface area contributed by atoms with Crippen molar-refractivity contribution in [3.8, 4) is 0 Å². The molecule has 0 aliphatic carbocycles. The minimum atomic E-state index is -0.510. The van der Waals surface area contributed by atoms with Crippen molar-refractivity contribution in [3.05, 3.63) is 47.7 Å². The van der Waals surface area contributed by atoms with Gasteiger partial charge in [0, 0.05) is 31.5 Å². The van der Waals surface area contributed by atoms with Gasteiger partial charge in [-0.1, -0.05) is 42.4 Å². The van der Waals surface area contributed by atoms with Crippen LogP contribution in [0.3, 0.4) is 0 Å². The van der Waals surface area contributed by atoms with E-state index in [4.69, 9.17) is 4.52 Å². The second-order valence-corrected chi connectivity index (χ2v) is 5.88. The Balaban J connectivity index is 1.58. The topological polar surface area (TPSA) is 78.6 Å². The predicted molar refractivity (Wildman–Crippen MR) is 86.1 cm³/mol. The molecular weight excluding hydrogens is 294 g/mol. The second kappa shape index (κ2) is 6.83. The van der Waals surface area contributed by atoms with Crippen molar-refractivity contribution in [1.29, 1.82) is 0 Å². The molecule has 6 heteroatoms. The van der Waals surface area contributed by atoms with Crippen LogP contribution in [0.4, 0.5) is 10.6 Å². The van der Waals surface area contributed by atoms with E-state index in [2.05, 4.69) is 10.5 Å². The number of nitrogens with zero attached hydrogens (tertiary/aromatic N) is 2. The van der Waals surface area contributed by atoms with Gasteiger partial charge in [0.05, 0.1) is 6.10 Å². The molecule has 1 aliphatic heterocycles. The number of likely N-dealkylation sites (tertiary alicyclic amines) is 1. The fourth-order valence-electron chi connectivity index (χ4n) is 2.86. The number of carbonyl (C=O) groups excluding carboxylic acids is 1. The third-order valence-electron chi connectivity index (χ3n) is 4.18. The molecule has 2 heterocycles. The number of urea groups is 1. The molecule has 1 aromatic heterocycles. The zero-order chi connectivity index (χ0) is 16.2. The van der Waals surface area contributed by atoms with Crippen LogP contribution in [0.1, 0.15) is 18.2 Å². The van der Waals surface area contributed by atoms with Crippen LogP contribution < -0.4 is 5.32 Å². The van der Waals surface area contributed by atoms with Gasteiger partial charge in [0.15, 0.2) is 5.82 Å². The van der Waals surface area contributed by atoms with E-state index < -0.39 is 6.10 Å². The molecule has 2 N–H and O–H groups in total. The molecule has 1 aliphatic rings. The number of carbonyl (C=O) groups is 1. The fourth-order valence-corrected chi connectivity index (χ4v) is 2.86. The summed E-state index contributed by atoms with van der Waals surface area (Å²) >= 11 is 0. The summed E-state index contributed by atoms with van der Waals surface area (Å²) in [6.45, 7) is 2.82. The Morgan fingerprint density at radius 3 is 2.87 bits per heavy atom. The van der Waals surface area contributed by atoms with Crippen molar-refractivity contribution in [1.82, 2.24) is 10.1 Å². The molecule has 2 atom stereocenters. The first-order valence-electron chi connectivity index (χ1n) is 7.89. The fraction of sp³-hybridized carbons (Fsp3) is 0.412. The third-order valence-corrected chi connectivity index (χ3v) is 4.18. The first kappa shape index (κ1) is 15.6. The van der Waals surface area contributed by atoms with E-state index in [1.807, 2.05) is 37.3 Å². The summed E-state index contributed by atoms with van der Waals surface area (Å²) in [5.41, 5.74) is 1.17. The minimum Gasteiger partial charge on any atom is -0.391 e. The molecule has 0 unspecified atom stereocenters. The van der Waals surface area contributed by atoms with Crippen LogP contribution in [0.25, 0.3) is 0 Å². The number of rotatable bonds is 4. The van der Waals surface area contributed by atoms with Gasteiger partial charge in [-0.3, -0.25) is 5.32 Å². The highest BCUT2D eigenvalue weighted by Crippen LogP contribution is 2.22. The lowest BCUT2D eigenvalue weighted by Gasteiger charge is -2.15. The van der Waals surface area contributed by atoms with Gasteiger partial charge >= 0.3 is 6.03 Å². The molecule has 0 spiro atoms. The summed E-state index contributed by atoms with van der Waals surface area (Å²) in [7, 11) is 0. The van der Waals surface area contributed by atoms with Crippen LogP contribution >= 0.6 is 0 Å². The number of nitrogens with one attached hydrogen (secondary N) is 1.